The van der Waals surface area contributed by atoms with Crippen LogP contribution in [0.2, 0.25) is 0 Å². The Morgan fingerprint density at radius 3 is 2.50 bits per heavy atom. The number of aromatic amines is 1. The van der Waals surface area contributed by atoms with Gasteiger partial charge in [0, 0.05) is 16.7 Å². The zero-order valence-corrected chi connectivity index (χ0v) is 14.5. The molecule has 0 aliphatic rings. The Morgan fingerprint density at radius 1 is 0.929 bits per heavy atom. The highest BCUT2D eigenvalue weighted by molar-refractivity contribution is 6.00. The summed E-state index contributed by atoms with van der Waals surface area (Å²) in [5, 5.41) is 23.5. The Labute approximate surface area is 158 Å². The van der Waals surface area contributed by atoms with Gasteiger partial charge in [0.2, 0.25) is 5.84 Å². The fourth-order valence-corrected chi connectivity index (χ4v) is 2.86. The molecule has 0 saturated heterocycles. The molecule has 140 valence electrons. The lowest BCUT2D eigenvalue weighted by atomic mass is 10.1. The van der Waals surface area contributed by atoms with Crippen molar-refractivity contribution in [1.82, 2.24) is 9.97 Å². The first kappa shape index (κ1) is 17.2. The van der Waals surface area contributed by atoms with E-state index in [1.165, 1.54) is 0 Å². The average molecular weight is 376 g/mol. The summed E-state index contributed by atoms with van der Waals surface area (Å²) in [5.74, 6) is 1.45. The molecule has 0 fully saturated rings. The van der Waals surface area contributed by atoms with Gasteiger partial charge in [0.25, 0.3) is 0 Å². The minimum Gasteiger partial charge on any atom is -0.453 e. The molecule has 4 rings (SSSR count). The molecule has 2 aromatic carbocycles. The zero-order valence-electron chi connectivity index (χ0n) is 14.5. The van der Waals surface area contributed by atoms with Gasteiger partial charge >= 0.3 is 0 Å². The van der Waals surface area contributed by atoms with Gasteiger partial charge in [0.1, 0.15) is 11.6 Å². The molecule has 0 radical (unpaired) electrons. The van der Waals surface area contributed by atoms with Crippen molar-refractivity contribution in [3.63, 3.8) is 0 Å². The second-order valence-electron chi connectivity index (χ2n) is 6.03. The molecule has 7 N–H and O–H groups in total. The van der Waals surface area contributed by atoms with Gasteiger partial charge in [0.15, 0.2) is 11.6 Å². The van der Waals surface area contributed by atoms with Gasteiger partial charge in [-0.15, -0.1) is 0 Å². The van der Waals surface area contributed by atoms with Crippen molar-refractivity contribution >= 4 is 22.7 Å². The third-order valence-corrected chi connectivity index (χ3v) is 4.27. The maximum atomic E-state index is 8.83. The molecule has 0 unspecified atom stereocenters. The minimum atomic E-state index is -0.0961. The lowest BCUT2D eigenvalue weighted by Gasteiger charge is -2.01. The fourth-order valence-electron chi connectivity index (χ4n) is 2.86. The third kappa shape index (κ3) is 3.01. The highest BCUT2D eigenvalue weighted by Crippen LogP contribution is 2.28. The number of rotatable bonds is 4. The molecule has 2 heterocycles. The topological polar surface area (TPSA) is 159 Å². The van der Waals surface area contributed by atoms with Gasteiger partial charge in [-0.05, 0) is 36.4 Å². The van der Waals surface area contributed by atoms with E-state index < -0.39 is 0 Å². The van der Waals surface area contributed by atoms with Crippen LogP contribution in [0.1, 0.15) is 11.3 Å². The van der Waals surface area contributed by atoms with Gasteiger partial charge in [-0.2, -0.15) is 0 Å². The molecule has 0 amide bonds. The molecule has 0 atom stereocenters. The molecule has 0 bridgehead atoms. The number of benzene rings is 2. The van der Waals surface area contributed by atoms with Crippen LogP contribution in [0, 0.1) is 0 Å². The van der Waals surface area contributed by atoms with E-state index in [4.69, 9.17) is 26.3 Å². The maximum Gasteiger partial charge on any atom is 0.205 e. The van der Waals surface area contributed by atoms with E-state index in [-0.39, 0.29) is 17.4 Å². The third-order valence-electron chi connectivity index (χ3n) is 4.27. The molecule has 2 aromatic heterocycles. The van der Waals surface area contributed by atoms with E-state index in [0.717, 1.165) is 22.2 Å². The molecular weight excluding hydrogens is 360 g/mol. The number of hydrogen-bond acceptors (Lipinski definition) is 6. The number of nitrogens with two attached hydrogens (primary N) is 2. The van der Waals surface area contributed by atoms with E-state index in [2.05, 4.69) is 20.3 Å². The number of nitrogens with zero attached hydrogens (tertiary/aromatic N) is 3. The molecule has 28 heavy (non-hydrogen) atoms. The van der Waals surface area contributed by atoms with Gasteiger partial charge in [-0.25, -0.2) is 4.98 Å². The number of fused-ring (bicyclic) bond motifs is 1. The van der Waals surface area contributed by atoms with Crippen molar-refractivity contribution in [3.05, 3.63) is 65.9 Å². The van der Waals surface area contributed by atoms with Crippen molar-refractivity contribution in [2.45, 2.75) is 0 Å². The number of amidine groups is 2. The number of nitrogens with one attached hydrogen (secondary N) is 1. The van der Waals surface area contributed by atoms with Crippen LogP contribution in [-0.4, -0.2) is 32.1 Å². The molecule has 4 aromatic rings. The summed E-state index contributed by atoms with van der Waals surface area (Å²) in [4.78, 5) is 7.83. The Balaban J connectivity index is 1.72. The fraction of sp³-hybridized carbons (Fsp3) is 0. The van der Waals surface area contributed by atoms with Gasteiger partial charge in [0.05, 0.1) is 11.0 Å². The second kappa shape index (κ2) is 6.80. The lowest BCUT2D eigenvalue weighted by molar-refractivity contribution is 0.317. The summed E-state index contributed by atoms with van der Waals surface area (Å²) < 4.78 is 5.63. The normalized spacial score (nSPS) is 12.6. The quantitative estimate of drug-likeness (QED) is 0.159. The van der Waals surface area contributed by atoms with Crippen LogP contribution >= 0.6 is 0 Å². The number of furan rings is 1. The summed E-state index contributed by atoms with van der Waals surface area (Å²) in [6.07, 6.45) is 0. The summed E-state index contributed by atoms with van der Waals surface area (Å²) in [6, 6.07) is 16.3. The lowest BCUT2D eigenvalue weighted by Crippen LogP contribution is -2.12. The molecular formula is C19H16N6O3. The van der Waals surface area contributed by atoms with Crippen LogP contribution in [0.15, 0.2) is 69.3 Å². The van der Waals surface area contributed by atoms with E-state index in [1.807, 2.05) is 24.3 Å². The largest absolute Gasteiger partial charge is 0.453 e. The van der Waals surface area contributed by atoms with Crippen molar-refractivity contribution in [3.8, 4) is 22.7 Å². The highest BCUT2D eigenvalue weighted by Gasteiger charge is 2.11. The van der Waals surface area contributed by atoms with Crippen molar-refractivity contribution in [1.29, 1.82) is 0 Å². The number of aromatic nitrogens is 2. The first-order chi connectivity index (χ1) is 13.6. The van der Waals surface area contributed by atoms with Gasteiger partial charge in [-0.3, -0.25) is 0 Å². The Kier molecular flexibility index (Phi) is 4.17. The van der Waals surface area contributed by atoms with E-state index in [9.17, 15) is 0 Å². The monoisotopic (exact) mass is 376 g/mol. The van der Waals surface area contributed by atoms with Crippen molar-refractivity contribution in [2.24, 2.45) is 21.8 Å². The van der Waals surface area contributed by atoms with Crippen molar-refractivity contribution < 1.29 is 14.8 Å². The van der Waals surface area contributed by atoms with Crippen LogP contribution in [0.25, 0.3) is 33.7 Å². The van der Waals surface area contributed by atoms with Gasteiger partial charge < -0.3 is 31.3 Å². The Morgan fingerprint density at radius 2 is 1.71 bits per heavy atom. The predicted molar refractivity (Wildman–Crippen MR) is 104 cm³/mol. The minimum absolute atomic E-state index is 0.0272. The molecule has 0 aliphatic carbocycles. The van der Waals surface area contributed by atoms with E-state index in [0.29, 0.717) is 17.1 Å². The molecule has 9 heteroatoms. The number of imidazole rings is 1. The van der Waals surface area contributed by atoms with Crippen LogP contribution in [0.3, 0.4) is 0 Å². The van der Waals surface area contributed by atoms with Crippen LogP contribution in [0.4, 0.5) is 0 Å². The van der Waals surface area contributed by atoms with Gasteiger partial charge in [-0.1, -0.05) is 28.5 Å². The van der Waals surface area contributed by atoms with Crippen LogP contribution in [0.5, 0.6) is 0 Å². The summed E-state index contributed by atoms with van der Waals surface area (Å²) in [6.45, 7) is 0. The Hall–Kier alpha value is -4.27. The summed E-state index contributed by atoms with van der Waals surface area (Å²) in [7, 11) is 0. The SMILES string of the molecule is NC(=NO)c1ccc2nc(-c3cccc(-c4ccc(C(N)=NO)o4)c3)[nH]c2c1. The molecule has 0 aliphatic heterocycles. The van der Waals surface area contributed by atoms with Crippen LogP contribution < -0.4 is 11.5 Å². The summed E-state index contributed by atoms with van der Waals surface area (Å²) in [5.41, 5.74) is 15.0. The maximum absolute atomic E-state index is 8.83. The average Bonchev–Trinajstić information content (AvgIpc) is 3.39. The van der Waals surface area contributed by atoms with Crippen molar-refractivity contribution in [2.75, 3.05) is 0 Å². The summed E-state index contributed by atoms with van der Waals surface area (Å²) >= 11 is 0. The molecule has 9 nitrogen and oxygen atoms in total. The number of hydrogen-bond donors (Lipinski definition) is 5. The second-order valence-corrected chi connectivity index (χ2v) is 6.03. The highest BCUT2D eigenvalue weighted by atomic mass is 16.4. The molecule has 0 spiro atoms. The molecule has 0 saturated carbocycles. The first-order valence-corrected chi connectivity index (χ1v) is 8.25. The van der Waals surface area contributed by atoms with E-state index in [1.54, 1.807) is 30.3 Å². The smallest absolute Gasteiger partial charge is 0.205 e. The number of H-pyrrole nitrogens is 1. The Bertz CT molecular complexity index is 1220. The first-order valence-electron chi connectivity index (χ1n) is 8.25. The van der Waals surface area contributed by atoms with Crippen LogP contribution in [-0.2, 0) is 0 Å². The standard InChI is InChI=1S/C19H16N6O3/c20-17(24-26)11-4-5-13-14(9-11)23-19(22-13)12-3-1-2-10(8-12)15-6-7-16(28-15)18(21)25-27/h1-9,26-27H,(H2,20,24)(H2,21,25)(H,22,23). The predicted octanol–water partition coefficient (Wildman–Crippen LogP) is 2.68. The van der Waals surface area contributed by atoms with E-state index >= 15 is 0 Å². The number of oxime groups is 2. The zero-order chi connectivity index (χ0) is 19.7.